The molecule has 1 heterocycles. The molecule has 38 heavy (non-hydrogen) atoms. The van der Waals surface area contributed by atoms with Crippen LogP contribution in [0.4, 0.5) is 0 Å². The van der Waals surface area contributed by atoms with Gasteiger partial charge < -0.3 is 19.1 Å². The summed E-state index contributed by atoms with van der Waals surface area (Å²) in [5.41, 5.74) is 2.81. The molecule has 1 aliphatic heterocycles. The van der Waals surface area contributed by atoms with E-state index < -0.39 is 30.0 Å². The van der Waals surface area contributed by atoms with E-state index in [1.165, 1.54) is 6.92 Å². The first-order chi connectivity index (χ1) is 18.5. The molecule has 0 bridgehead atoms. The lowest BCUT2D eigenvalue weighted by Gasteiger charge is -2.33. The second-order valence-electron chi connectivity index (χ2n) is 9.38. The molecule has 0 spiro atoms. The minimum Gasteiger partial charge on any atom is -0.461 e. The van der Waals surface area contributed by atoms with Gasteiger partial charge in [0.2, 0.25) is 5.91 Å². The number of nitrogens with zero attached hydrogens (tertiary/aromatic N) is 1. The Morgan fingerprint density at radius 1 is 0.842 bits per heavy atom. The third-order valence-electron chi connectivity index (χ3n) is 6.57. The molecule has 0 N–H and O–H groups in total. The summed E-state index contributed by atoms with van der Waals surface area (Å²) in [5, 5.41) is 0. The van der Waals surface area contributed by atoms with Crippen LogP contribution in [0, 0.1) is 5.92 Å². The number of benzene rings is 3. The van der Waals surface area contributed by atoms with Gasteiger partial charge in [0.15, 0.2) is 0 Å². The normalized spacial score (nSPS) is 17.7. The molecule has 4 rings (SSSR count). The zero-order valence-electron chi connectivity index (χ0n) is 21.5. The number of amides is 1. The predicted octanol–water partition coefficient (Wildman–Crippen LogP) is 4.69. The van der Waals surface area contributed by atoms with Gasteiger partial charge in [-0.1, -0.05) is 91.0 Å². The molecular formula is C31H33NO6. The van der Waals surface area contributed by atoms with Gasteiger partial charge in [-0.25, -0.2) is 0 Å². The summed E-state index contributed by atoms with van der Waals surface area (Å²) >= 11 is 0. The Morgan fingerprint density at radius 2 is 1.39 bits per heavy atom. The van der Waals surface area contributed by atoms with Crippen LogP contribution in [0.1, 0.15) is 36.5 Å². The van der Waals surface area contributed by atoms with Gasteiger partial charge in [-0.15, -0.1) is 0 Å². The number of rotatable bonds is 12. The molecular weight excluding hydrogens is 482 g/mol. The molecule has 0 aliphatic carbocycles. The molecule has 0 radical (unpaired) electrons. The summed E-state index contributed by atoms with van der Waals surface area (Å²) in [6.07, 6.45) is -0.432. The summed E-state index contributed by atoms with van der Waals surface area (Å²) in [6.45, 7) is 2.40. The van der Waals surface area contributed by atoms with Crippen molar-refractivity contribution >= 4 is 17.8 Å². The highest BCUT2D eigenvalue weighted by molar-refractivity contribution is 5.83. The van der Waals surface area contributed by atoms with E-state index in [1.54, 1.807) is 4.90 Å². The van der Waals surface area contributed by atoms with E-state index in [0.717, 1.165) is 16.7 Å². The Bertz CT molecular complexity index is 1180. The van der Waals surface area contributed by atoms with E-state index >= 15 is 0 Å². The molecule has 0 saturated carbocycles. The fourth-order valence-electron chi connectivity index (χ4n) is 4.79. The van der Waals surface area contributed by atoms with Crippen molar-refractivity contribution in [3.63, 3.8) is 0 Å². The Balaban J connectivity index is 1.55. The molecule has 1 amide bonds. The van der Waals surface area contributed by atoms with Crippen LogP contribution in [-0.2, 0) is 48.4 Å². The standard InChI is InChI=1S/C31H33NO6/c1-23(33)38-28-19-29(34)32(20-24-11-5-2-6-12-24)30(28)27(17-18-36-21-25-13-7-3-8-14-25)31(35)37-22-26-15-9-4-10-16-26/h2-16,27-28,30H,17-22H2,1H3/t27-,28-,30+/m0/s1. The second-order valence-corrected chi connectivity index (χ2v) is 9.38. The first-order valence-corrected chi connectivity index (χ1v) is 12.8. The zero-order valence-corrected chi connectivity index (χ0v) is 21.5. The van der Waals surface area contributed by atoms with Gasteiger partial charge in [-0.2, -0.15) is 0 Å². The monoisotopic (exact) mass is 515 g/mol. The van der Waals surface area contributed by atoms with E-state index in [2.05, 4.69) is 0 Å². The Hall–Kier alpha value is -3.97. The molecule has 0 aromatic heterocycles. The minimum atomic E-state index is -0.757. The average Bonchev–Trinajstić information content (AvgIpc) is 3.22. The number of carbonyl (C=O) groups is 3. The quantitative estimate of drug-likeness (QED) is 0.257. The van der Waals surface area contributed by atoms with Crippen LogP contribution in [0.25, 0.3) is 0 Å². The number of hydrogen-bond donors (Lipinski definition) is 0. The summed E-state index contributed by atoms with van der Waals surface area (Å²) in [5.74, 6) is -1.86. The van der Waals surface area contributed by atoms with Gasteiger partial charge in [0, 0.05) is 20.1 Å². The molecule has 1 aliphatic rings. The molecule has 1 saturated heterocycles. The van der Waals surface area contributed by atoms with Crippen LogP contribution in [-0.4, -0.2) is 41.5 Å². The molecule has 1 fully saturated rings. The van der Waals surface area contributed by atoms with Gasteiger partial charge in [0.25, 0.3) is 0 Å². The molecule has 198 valence electrons. The van der Waals surface area contributed by atoms with Crippen molar-refractivity contribution in [1.82, 2.24) is 4.90 Å². The summed E-state index contributed by atoms with van der Waals surface area (Å²) in [4.78, 5) is 40.3. The molecule has 3 aromatic carbocycles. The van der Waals surface area contributed by atoms with Crippen molar-refractivity contribution in [3.05, 3.63) is 108 Å². The van der Waals surface area contributed by atoms with Gasteiger partial charge in [0.1, 0.15) is 12.7 Å². The van der Waals surface area contributed by atoms with Gasteiger partial charge >= 0.3 is 11.9 Å². The maximum Gasteiger partial charge on any atom is 0.311 e. The summed E-state index contributed by atoms with van der Waals surface area (Å²) in [7, 11) is 0. The van der Waals surface area contributed by atoms with Crippen LogP contribution in [0.3, 0.4) is 0 Å². The van der Waals surface area contributed by atoms with Crippen molar-refractivity contribution in [2.45, 2.75) is 51.7 Å². The SMILES string of the molecule is CC(=O)O[C@H]1CC(=O)N(Cc2ccccc2)[C@@H]1[C@H](CCOCc1ccccc1)C(=O)OCc1ccccc1. The first kappa shape index (κ1) is 27.1. The van der Waals surface area contributed by atoms with Crippen LogP contribution in [0.15, 0.2) is 91.0 Å². The van der Waals surface area contributed by atoms with Gasteiger partial charge in [-0.3, -0.25) is 14.4 Å². The summed E-state index contributed by atoms with van der Waals surface area (Å²) in [6, 6.07) is 28.1. The van der Waals surface area contributed by atoms with E-state index in [1.807, 2.05) is 91.0 Å². The van der Waals surface area contributed by atoms with E-state index in [9.17, 15) is 14.4 Å². The lowest BCUT2D eigenvalue weighted by atomic mass is 9.92. The molecule has 7 heteroatoms. The summed E-state index contributed by atoms with van der Waals surface area (Å²) < 4.78 is 17.2. The van der Waals surface area contributed by atoms with Crippen LogP contribution in [0.5, 0.6) is 0 Å². The lowest BCUT2D eigenvalue weighted by molar-refractivity contribution is -0.160. The number of likely N-dealkylation sites (tertiary alicyclic amines) is 1. The fourth-order valence-corrected chi connectivity index (χ4v) is 4.79. The third-order valence-corrected chi connectivity index (χ3v) is 6.57. The van der Waals surface area contributed by atoms with E-state index in [-0.39, 0.29) is 25.5 Å². The Kier molecular flexibility index (Phi) is 9.65. The van der Waals surface area contributed by atoms with Crippen molar-refractivity contribution < 1.29 is 28.6 Å². The van der Waals surface area contributed by atoms with Crippen molar-refractivity contribution in [1.29, 1.82) is 0 Å². The van der Waals surface area contributed by atoms with Crippen molar-refractivity contribution in [2.24, 2.45) is 5.92 Å². The minimum absolute atomic E-state index is 0.0183. The highest BCUT2D eigenvalue weighted by Gasteiger charge is 2.48. The maximum absolute atomic E-state index is 13.5. The second kappa shape index (κ2) is 13.5. The maximum atomic E-state index is 13.5. The van der Waals surface area contributed by atoms with Crippen LogP contribution >= 0.6 is 0 Å². The fraction of sp³-hybridized carbons (Fsp3) is 0.323. The molecule has 0 unspecified atom stereocenters. The van der Waals surface area contributed by atoms with Crippen molar-refractivity contribution in [2.75, 3.05) is 6.61 Å². The lowest BCUT2D eigenvalue weighted by Crippen LogP contribution is -2.47. The van der Waals surface area contributed by atoms with Gasteiger partial charge in [0.05, 0.1) is 25.0 Å². The zero-order chi connectivity index (χ0) is 26.7. The van der Waals surface area contributed by atoms with E-state index in [0.29, 0.717) is 19.6 Å². The highest BCUT2D eigenvalue weighted by Crippen LogP contribution is 2.33. The molecule has 7 nitrogen and oxygen atoms in total. The number of hydrogen-bond acceptors (Lipinski definition) is 6. The van der Waals surface area contributed by atoms with Gasteiger partial charge in [-0.05, 0) is 23.1 Å². The van der Waals surface area contributed by atoms with Crippen molar-refractivity contribution in [3.8, 4) is 0 Å². The first-order valence-electron chi connectivity index (χ1n) is 12.8. The number of ether oxygens (including phenoxy) is 3. The number of carbonyl (C=O) groups excluding carboxylic acids is 3. The van der Waals surface area contributed by atoms with Crippen LogP contribution < -0.4 is 0 Å². The Morgan fingerprint density at radius 3 is 1.97 bits per heavy atom. The Labute approximate surface area is 223 Å². The van der Waals surface area contributed by atoms with Crippen LogP contribution in [0.2, 0.25) is 0 Å². The largest absolute Gasteiger partial charge is 0.461 e. The smallest absolute Gasteiger partial charge is 0.311 e. The average molecular weight is 516 g/mol. The predicted molar refractivity (Wildman–Crippen MR) is 141 cm³/mol. The molecule has 3 atom stereocenters. The van der Waals surface area contributed by atoms with E-state index in [4.69, 9.17) is 14.2 Å². The highest BCUT2D eigenvalue weighted by atomic mass is 16.5. The third kappa shape index (κ3) is 7.52. The molecule has 3 aromatic rings. The topological polar surface area (TPSA) is 82.1 Å². The number of esters is 2.